The highest BCUT2D eigenvalue weighted by molar-refractivity contribution is 5.96. The molecule has 5 heteroatoms. The van der Waals surface area contributed by atoms with E-state index in [1.807, 2.05) is 6.92 Å². The van der Waals surface area contributed by atoms with E-state index in [1.54, 1.807) is 31.2 Å². The van der Waals surface area contributed by atoms with Gasteiger partial charge in [-0.05, 0) is 74.4 Å². The Balaban J connectivity index is 1.67. The average Bonchev–Trinajstić information content (AvgIpc) is 2.68. The van der Waals surface area contributed by atoms with Gasteiger partial charge in [-0.1, -0.05) is 24.3 Å². The lowest BCUT2D eigenvalue weighted by atomic mass is 9.89. The van der Waals surface area contributed by atoms with Crippen LogP contribution in [0.25, 0.3) is 0 Å². The first kappa shape index (κ1) is 19.0. The Labute approximate surface area is 160 Å². The third-order valence-corrected chi connectivity index (χ3v) is 4.87. The molecule has 0 aliphatic heterocycles. The molecule has 2 N–H and O–H groups in total. The van der Waals surface area contributed by atoms with Crippen LogP contribution in [0.3, 0.4) is 0 Å². The van der Waals surface area contributed by atoms with E-state index in [0.29, 0.717) is 17.9 Å². The van der Waals surface area contributed by atoms with Gasteiger partial charge in [0.25, 0.3) is 5.91 Å². The molecular weight excluding hydrogens is 340 g/mol. The second-order valence-corrected chi connectivity index (χ2v) is 6.86. The van der Waals surface area contributed by atoms with E-state index in [2.05, 4.69) is 28.8 Å². The molecule has 1 unspecified atom stereocenters. The van der Waals surface area contributed by atoms with Crippen molar-refractivity contribution < 1.29 is 14.3 Å². The van der Waals surface area contributed by atoms with Crippen molar-refractivity contribution in [2.24, 2.45) is 0 Å². The van der Waals surface area contributed by atoms with E-state index in [0.717, 1.165) is 18.4 Å². The van der Waals surface area contributed by atoms with E-state index >= 15 is 0 Å². The predicted molar refractivity (Wildman–Crippen MR) is 106 cm³/mol. The van der Waals surface area contributed by atoms with Crippen LogP contribution in [-0.4, -0.2) is 18.6 Å². The van der Waals surface area contributed by atoms with Gasteiger partial charge in [-0.25, -0.2) is 4.79 Å². The zero-order chi connectivity index (χ0) is 19.2. The summed E-state index contributed by atoms with van der Waals surface area (Å²) in [5, 5.41) is 5.66. The Morgan fingerprint density at radius 3 is 2.63 bits per heavy atom. The molecule has 0 fully saturated rings. The van der Waals surface area contributed by atoms with Crippen LogP contribution in [0.5, 0.6) is 0 Å². The van der Waals surface area contributed by atoms with Gasteiger partial charge in [-0.15, -0.1) is 0 Å². The summed E-state index contributed by atoms with van der Waals surface area (Å²) in [5.41, 5.74) is 4.98. The summed E-state index contributed by atoms with van der Waals surface area (Å²) in [7, 11) is 0. The monoisotopic (exact) mass is 366 g/mol. The summed E-state index contributed by atoms with van der Waals surface area (Å²) in [5.74, 6) is -0.173. The molecule has 1 aliphatic rings. The first-order chi connectivity index (χ1) is 13.1. The molecule has 0 bridgehead atoms. The minimum atomic E-state index is -0.530. The Hall–Kier alpha value is -2.82. The van der Waals surface area contributed by atoms with Gasteiger partial charge >= 0.3 is 6.09 Å². The zero-order valence-electron chi connectivity index (χ0n) is 15.9. The maximum absolute atomic E-state index is 12.6. The molecule has 0 aromatic heterocycles. The van der Waals surface area contributed by atoms with Crippen LogP contribution in [0.4, 0.5) is 10.5 Å². The number of carbonyl (C=O) groups is 2. The molecule has 1 atom stereocenters. The fourth-order valence-electron chi connectivity index (χ4n) is 3.41. The summed E-state index contributed by atoms with van der Waals surface area (Å²) in [6, 6.07) is 13.3. The SMILES string of the molecule is CCOC(=O)Nc1cccc(C(=O)NC(C)c2ccc3c(c2)CCCC3)c1. The summed E-state index contributed by atoms with van der Waals surface area (Å²) >= 11 is 0. The molecule has 0 radical (unpaired) electrons. The first-order valence-corrected chi connectivity index (χ1v) is 9.53. The average molecular weight is 366 g/mol. The number of amides is 2. The highest BCUT2D eigenvalue weighted by Gasteiger charge is 2.15. The van der Waals surface area contributed by atoms with Gasteiger partial charge in [0.1, 0.15) is 0 Å². The van der Waals surface area contributed by atoms with Crippen LogP contribution in [0.2, 0.25) is 0 Å². The smallest absolute Gasteiger partial charge is 0.411 e. The van der Waals surface area contributed by atoms with Crippen LogP contribution in [0.1, 0.15) is 59.8 Å². The number of rotatable bonds is 5. The number of hydrogen-bond donors (Lipinski definition) is 2. The van der Waals surface area contributed by atoms with Crippen molar-refractivity contribution in [1.29, 1.82) is 0 Å². The maximum Gasteiger partial charge on any atom is 0.411 e. The van der Waals surface area contributed by atoms with Crippen molar-refractivity contribution in [3.63, 3.8) is 0 Å². The molecule has 0 heterocycles. The van der Waals surface area contributed by atoms with E-state index in [4.69, 9.17) is 4.74 Å². The van der Waals surface area contributed by atoms with Crippen LogP contribution in [0.15, 0.2) is 42.5 Å². The topological polar surface area (TPSA) is 67.4 Å². The maximum atomic E-state index is 12.6. The van der Waals surface area contributed by atoms with Crippen LogP contribution < -0.4 is 10.6 Å². The van der Waals surface area contributed by atoms with Gasteiger partial charge in [0, 0.05) is 11.3 Å². The largest absolute Gasteiger partial charge is 0.450 e. The van der Waals surface area contributed by atoms with Crippen molar-refractivity contribution in [2.45, 2.75) is 45.6 Å². The summed E-state index contributed by atoms with van der Waals surface area (Å²) in [6.07, 6.45) is 4.23. The molecule has 1 aliphatic carbocycles. The predicted octanol–water partition coefficient (Wildman–Crippen LogP) is 4.62. The lowest BCUT2D eigenvalue weighted by molar-refractivity contribution is 0.0939. The van der Waals surface area contributed by atoms with E-state index in [9.17, 15) is 9.59 Å². The van der Waals surface area contributed by atoms with E-state index in [1.165, 1.54) is 24.0 Å². The Kier molecular flexibility index (Phi) is 6.12. The number of anilines is 1. The van der Waals surface area contributed by atoms with Gasteiger partial charge in [-0.2, -0.15) is 0 Å². The summed E-state index contributed by atoms with van der Waals surface area (Å²) in [6.45, 7) is 4.03. The number of benzene rings is 2. The number of ether oxygens (including phenoxy) is 1. The van der Waals surface area contributed by atoms with Crippen LogP contribution >= 0.6 is 0 Å². The number of aryl methyl sites for hydroxylation is 2. The second kappa shape index (κ2) is 8.71. The summed E-state index contributed by atoms with van der Waals surface area (Å²) < 4.78 is 4.86. The fourth-order valence-corrected chi connectivity index (χ4v) is 3.41. The van der Waals surface area contributed by atoms with Gasteiger partial charge < -0.3 is 10.1 Å². The normalized spacial score (nSPS) is 14.0. The van der Waals surface area contributed by atoms with Crippen molar-refractivity contribution in [3.05, 3.63) is 64.7 Å². The van der Waals surface area contributed by atoms with Gasteiger partial charge in [0.05, 0.1) is 12.6 Å². The number of hydrogen-bond acceptors (Lipinski definition) is 3. The van der Waals surface area contributed by atoms with Crippen LogP contribution in [0, 0.1) is 0 Å². The number of fused-ring (bicyclic) bond motifs is 1. The highest BCUT2D eigenvalue weighted by Crippen LogP contribution is 2.25. The highest BCUT2D eigenvalue weighted by atomic mass is 16.5. The van der Waals surface area contributed by atoms with Gasteiger partial charge in [0.15, 0.2) is 0 Å². The Morgan fingerprint density at radius 2 is 1.85 bits per heavy atom. The molecule has 2 amide bonds. The van der Waals surface area contributed by atoms with Crippen molar-refractivity contribution in [2.75, 3.05) is 11.9 Å². The Morgan fingerprint density at radius 1 is 1.07 bits per heavy atom. The first-order valence-electron chi connectivity index (χ1n) is 9.53. The molecule has 2 aromatic carbocycles. The van der Waals surface area contributed by atoms with E-state index < -0.39 is 6.09 Å². The lowest BCUT2D eigenvalue weighted by Gasteiger charge is -2.20. The fraction of sp³-hybridized carbons (Fsp3) is 0.364. The molecule has 27 heavy (non-hydrogen) atoms. The molecule has 0 saturated heterocycles. The molecule has 0 spiro atoms. The molecular formula is C22H26N2O3. The van der Waals surface area contributed by atoms with Crippen molar-refractivity contribution in [1.82, 2.24) is 5.32 Å². The zero-order valence-corrected chi connectivity index (χ0v) is 15.9. The minimum absolute atomic E-state index is 0.0913. The molecule has 0 saturated carbocycles. The molecule has 3 rings (SSSR count). The van der Waals surface area contributed by atoms with Gasteiger partial charge in [0.2, 0.25) is 0 Å². The third kappa shape index (κ3) is 4.88. The summed E-state index contributed by atoms with van der Waals surface area (Å²) in [4.78, 5) is 24.2. The second-order valence-electron chi connectivity index (χ2n) is 6.86. The lowest BCUT2D eigenvalue weighted by Crippen LogP contribution is -2.27. The number of carbonyl (C=O) groups excluding carboxylic acids is 2. The van der Waals surface area contributed by atoms with Crippen molar-refractivity contribution >= 4 is 17.7 Å². The Bertz CT molecular complexity index is 832. The van der Waals surface area contributed by atoms with Crippen LogP contribution in [-0.2, 0) is 17.6 Å². The molecule has 5 nitrogen and oxygen atoms in total. The number of nitrogens with one attached hydrogen (secondary N) is 2. The molecule has 2 aromatic rings. The third-order valence-electron chi connectivity index (χ3n) is 4.87. The standard InChI is InChI=1S/C22H26N2O3/c1-3-27-22(26)24-20-10-6-9-19(14-20)21(25)23-15(2)17-12-11-16-7-4-5-8-18(16)13-17/h6,9-15H,3-5,7-8H2,1-2H3,(H,23,25)(H,24,26). The van der Waals surface area contributed by atoms with E-state index in [-0.39, 0.29) is 11.9 Å². The van der Waals surface area contributed by atoms with Crippen molar-refractivity contribution in [3.8, 4) is 0 Å². The quantitative estimate of drug-likeness (QED) is 0.811. The molecule has 142 valence electrons. The van der Waals surface area contributed by atoms with Gasteiger partial charge in [-0.3, -0.25) is 10.1 Å². The minimum Gasteiger partial charge on any atom is -0.450 e.